The Hall–Kier alpha value is -2.23. The Bertz CT molecular complexity index is 494. The molecule has 1 aromatic carbocycles. The van der Waals surface area contributed by atoms with E-state index in [0.29, 0.717) is 0 Å². The molecule has 0 aliphatic carbocycles. The third kappa shape index (κ3) is 3.66. The summed E-state index contributed by atoms with van der Waals surface area (Å²) in [6, 6.07) is 11.2. The Kier molecular flexibility index (Phi) is 4.41. The highest BCUT2D eigenvalue weighted by Crippen LogP contribution is 2.20. The van der Waals surface area contributed by atoms with Crippen molar-refractivity contribution < 1.29 is 4.74 Å². The zero-order valence-corrected chi connectivity index (χ0v) is 10.3. The van der Waals surface area contributed by atoms with Crippen LogP contribution in [-0.2, 0) is 0 Å². The second-order valence-corrected chi connectivity index (χ2v) is 3.75. The summed E-state index contributed by atoms with van der Waals surface area (Å²) < 4.78 is 5.49. The predicted molar refractivity (Wildman–Crippen MR) is 70.6 cm³/mol. The van der Waals surface area contributed by atoms with Gasteiger partial charge in [-0.25, -0.2) is 0 Å². The van der Waals surface area contributed by atoms with E-state index >= 15 is 0 Å². The quantitative estimate of drug-likeness (QED) is 0.733. The first-order valence-corrected chi connectivity index (χ1v) is 5.93. The molecule has 4 nitrogen and oxygen atoms in total. The lowest BCUT2D eigenvalue weighted by Crippen LogP contribution is -1.93. The van der Waals surface area contributed by atoms with Crippen molar-refractivity contribution in [3.05, 3.63) is 48.8 Å². The first-order valence-electron chi connectivity index (χ1n) is 5.93. The second-order valence-electron chi connectivity index (χ2n) is 3.75. The van der Waals surface area contributed by atoms with E-state index in [1.165, 1.54) is 0 Å². The van der Waals surface area contributed by atoms with Gasteiger partial charge in [-0.2, -0.15) is 5.11 Å². The highest BCUT2D eigenvalue weighted by molar-refractivity contribution is 5.41. The van der Waals surface area contributed by atoms with Gasteiger partial charge in [0.15, 0.2) is 0 Å². The average Bonchev–Trinajstić information content (AvgIpc) is 2.45. The molecule has 0 saturated heterocycles. The van der Waals surface area contributed by atoms with Crippen molar-refractivity contribution in [2.24, 2.45) is 10.2 Å². The maximum Gasteiger partial charge on any atom is 0.119 e. The molecule has 4 heteroatoms. The summed E-state index contributed by atoms with van der Waals surface area (Å²) in [5, 5.41) is 8.22. The van der Waals surface area contributed by atoms with Crippen LogP contribution in [0.5, 0.6) is 5.75 Å². The van der Waals surface area contributed by atoms with Crippen LogP contribution in [0.25, 0.3) is 0 Å². The van der Waals surface area contributed by atoms with Crippen molar-refractivity contribution in [3.63, 3.8) is 0 Å². The fourth-order valence-corrected chi connectivity index (χ4v) is 1.36. The zero-order chi connectivity index (χ0) is 12.6. The lowest BCUT2D eigenvalue weighted by Gasteiger charge is -2.03. The Balaban J connectivity index is 2.00. The van der Waals surface area contributed by atoms with E-state index in [-0.39, 0.29) is 0 Å². The first kappa shape index (κ1) is 12.2. The molecule has 0 aliphatic rings. The van der Waals surface area contributed by atoms with Crippen molar-refractivity contribution in [3.8, 4) is 5.75 Å². The molecule has 0 N–H and O–H groups in total. The monoisotopic (exact) mass is 241 g/mol. The van der Waals surface area contributed by atoms with E-state index in [1.807, 2.05) is 36.4 Å². The summed E-state index contributed by atoms with van der Waals surface area (Å²) in [6.07, 6.45) is 4.38. The molecule has 18 heavy (non-hydrogen) atoms. The Morgan fingerprint density at radius 1 is 1.06 bits per heavy atom. The Morgan fingerprint density at radius 3 is 2.50 bits per heavy atom. The summed E-state index contributed by atoms with van der Waals surface area (Å²) in [7, 11) is 0. The molecule has 0 unspecified atom stereocenters. The minimum absolute atomic E-state index is 0.733. The third-order valence-corrected chi connectivity index (χ3v) is 2.24. The zero-order valence-electron chi connectivity index (χ0n) is 10.3. The minimum Gasteiger partial charge on any atom is -0.494 e. The van der Waals surface area contributed by atoms with Gasteiger partial charge in [0.2, 0.25) is 0 Å². The SMILES string of the molecule is CCCOc1ccc(N=Nc2cccnc2)cc1. The van der Waals surface area contributed by atoms with E-state index < -0.39 is 0 Å². The number of nitrogens with zero attached hydrogens (tertiary/aromatic N) is 3. The van der Waals surface area contributed by atoms with Crippen LogP contribution in [0.1, 0.15) is 13.3 Å². The van der Waals surface area contributed by atoms with Crippen LogP contribution in [0.3, 0.4) is 0 Å². The highest BCUT2D eigenvalue weighted by Gasteiger charge is 1.94. The van der Waals surface area contributed by atoms with Gasteiger partial charge in [-0.3, -0.25) is 4.98 Å². The van der Waals surface area contributed by atoms with E-state index in [4.69, 9.17) is 4.74 Å². The van der Waals surface area contributed by atoms with Gasteiger partial charge in [0, 0.05) is 6.20 Å². The molecule has 2 aromatic rings. The normalized spacial score (nSPS) is 10.7. The molecule has 0 saturated carbocycles. The summed E-state index contributed by atoms with van der Waals surface area (Å²) in [5.74, 6) is 0.858. The number of ether oxygens (including phenoxy) is 1. The topological polar surface area (TPSA) is 46.8 Å². The van der Waals surface area contributed by atoms with Gasteiger partial charge in [0.1, 0.15) is 11.4 Å². The molecule has 2 rings (SSSR count). The summed E-state index contributed by atoms with van der Waals surface area (Å²) in [6.45, 7) is 2.81. The number of aromatic nitrogens is 1. The maximum absolute atomic E-state index is 5.49. The lowest BCUT2D eigenvalue weighted by molar-refractivity contribution is 0.317. The number of hydrogen-bond donors (Lipinski definition) is 0. The van der Waals surface area contributed by atoms with E-state index in [0.717, 1.165) is 30.2 Å². The molecule has 0 bridgehead atoms. The Labute approximate surface area is 106 Å². The van der Waals surface area contributed by atoms with E-state index in [1.54, 1.807) is 12.4 Å². The summed E-state index contributed by atoms with van der Waals surface area (Å²) in [5.41, 5.74) is 1.53. The van der Waals surface area contributed by atoms with Crippen LogP contribution < -0.4 is 4.74 Å². The first-order chi connectivity index (χ1) is 8.88. The molecule has 0 atom stereocenters. The van der Waals surface area contributed by atoms with Gasteiger partial charge in [-0.15, -0.1) is 5.11 Å². The van der Waals surface area contributed by atoms with Crippen LogP contribution in [0.4, 0.5) is 11.4 Å². The predicted octanol–water partition coefficient (Wildman–Crippen LogP) is 4.29. The van der Waals surface area contributed by atoms with E-state index in [9.17, 15) is 0 Å². The highest BCUT2D eigenvalue weighted by atomic mass is 16.5. The van der Waals surface area contributed by atoms with Gasteiger partial charge < -0.3 is 4.74 Å². The molecular formula is C14H15N3O. The fraction of sp³-hybridized carbons (Fsp3) is 0.214. The van der Waals surface area contributed by atoms with E-state index in [2.05, 4.69) is 22.1 Å². The Morgan fingerprint density at radius 2 is 1.83 bits per heavy atom. The van der Waals surface area contributed by atoms with Gasteiger partial charge in [0.25, 0.3) is 0 Å². The number of pyridine rings is 1. The minimum atomic E-state index is 0.733. The molecular weight excluding hydrogens is 226 g/mol. The van der Waals surface area contributed by atoms with Crippen molar-refractivity contribution in [1.29, 1.82) is 0 Å². The molecule has 0 spiro atoms. The van der Waals surface area contributed by atoms with Crippen LogP contribution in [0, 0.1) is 0 Å². The third-order valence-electron chi connectivity index (χ3n) is 2.24. The molecule has 0 aliphatic heterocycles. The lowest BCUT2D eigenvalue weighted by atomic mass is 10.3. The number of hydrogen-bond acceptors (Lipinski definition) is 4. The van der Waals surface area contributed by atoms with Crippen LogP contribution >= 0.6 is 0 Å². The van der Waals surface area contributed by atoms with Crippen molar-refractivity contribution in [2.45, 2.75) is 13.3 Å². The average molecular weight is 241 g/mol. The van der Waals surface area contributed by atoms with Gasteiger partial charge >= 0.3 is 0 Å². The maximum atomic E-state index is 5.49. The molecule has 1 heterocycles. The van der Waals surface area contributed by atoms with Gasteiger partial charge in [-0.1, -0.05) is 6.92 Å². The van der Waals surface area contributed by atoms with Crippen molar-refractivity contribution in [2.75, 3.05) is 6.61 Å². The summed E-state index contributed by atoms with van der Waals surface area (Å²) in [4.78, 5) is 3.97. The largest absolute Gasteiger partial charge is 0.494 e. The molecule has 92 valence electrons. The van der Waals surface area contributed by atoms with Crippen LogP contribution in [-0.4, -0.2) is 11.6 Å². The van der Waals surface area contributed by atoms with Gasteiger partial charge in [-0.05, 0) is 42.8 Å². The second kappa shape index (κ2) is 6.49. The molecule has 1 aromatic heterocycles. The summed E-state index contributed by atoms with van der Waals surface area (Å²) >= 11 is 0. The van der Waals surface area contributed by atoms with Crippen LogP contribution in [0.15, 0.2) is 59.0 Å². The standard InChI is InChI=1S/C14H15N3O/c1-2-10-18-14-7-5-12(6-8-14)16-17-13-4-3-9-15-11-13/h3-9,11H,2,10H2,1H3. The van der Waals surface area contributed by atoms with Crippen molar-refractivity contribution in [1.82, 2.24) is 4.98 Å². The molecule has 0 fully saturated rings. The smallest absolute Gasteiger partial charge is 0.119 e. The molecule has 0 amide bonds. The number of rotatable bonds is 5. The number of azo groups is 1. The fourth-order valence-electron chi connectivity index (χ4n) is 1.36. The van der Waals surface area contributed by atoms with Gasteiger partial charge in [0.05, 0.1) is 18.5 Å². The molecule has 0 radical (unpaired) electrons. The number of benzene rings is 1. The van der Waals surface area contributed by atoms with Crippen LogP contribution in [0.2, 0.25) is 0 Å². The van der Waals surface area contributed by atoms with Crippen molar-refractivity contribution >= 4 is 11.4 Å².